The molecule has 1 N–H and O–H groups in total. The summed E-state index contributed by atoms with van der Waals surface area (Å²) in [5.41, 5.74) is 5.24. The molecule has 34 heavy (non-hydrogen) atoms. The number of rotatable bonds is 4. The third-order valence-corrected chi connectivity index (χ3v) is 6.05. The molecule has 9 heteroatoms. The van der Waals surface area contributed by atoms with E-state index in [0.717, 1.165) is 22.5 Å². The van der Waals surface area contributed by atoms with Gasteiger partial charge in [0.15, 0.2) is 5.11 Å². The summed E-state index contributed by atoms with van der Waals surface area (Å²) < 4.78 is 1.84. The van der Waals surface area contributed by atoms with E-state index in [4.69, 9.17) is 12.2 Å². The zero-order chi connectivity index (χ0) is 24.7. The van der Waals surface area contributed by atoms with Crippen LogP contribution in [0.25, 0.3) is 11.8 Å². The Morgan fingerprint density at radius 3 is 2.44 bits per heavy atom. The van der Waals surface area contributed by atoms with Gasteiger partial charge in [-0.1, -0.05) is 23.8 Å². The first-order valence-electron chi connectivity index (χ1n) is 10.5. The molecule has 0 unspecified atom stereocenters. The maximum Gasteiger partial charge on any atom is 0.271 e. The molecule has 2 heterocycles. The molecule has 4 rings (SSSR count). The molecule has 0 saturated carbocycles. The van der Waals surface area contributed by atoms with E-state index in [1.807, 2.05) is 50.5 Å². The predicted molar refractivity (Wildman–Crippen MR) is 134 cm³/mol. The first kappa shape index (κ1) is 23.1. The molecule has 172 valence electrons. The van der Waals surface area contributed by atoms with E-state index < -0.39 is 16.7 Å². The van der Waals surface area contributed by atoms with Crippen LogP contribution in [0.1, 0.15) is 28.1 Å². The smallest absolute Gasteiger partial charge is 0.271 e. The van der Waals surface area contributed by atoms with Crippen molar-refractivity contribution in [2.24, 2.45) is 0 Å². The van der Waals surface area contributed by atoms with Crippen LogP contribution in [0.15, 0.2) is 54.1 Å². The largest absolute Gasteiger partial charge is 0.318 e. The summed E-state index contributed by atoms with van der Waals surface area (Å²) in [6, 6.07) is 13.7. The summed E-state index contributed by atoms with van der Waals surface area (Å²) in [5, 5.41) is 13.8. The number of amides is 2. The van der Waals surface area contributed by atoms with Crippen molar-refractivity contribution in [1.29, 1.82) is 0 Å². The number of aromatic nitrogens is 1. The van der Waals surface area contributed by atoms with E-state index in [9.17, 15) is 19.7 Å². The van der Waals surface area contributed by atoms with Crippen molar-refractivity contribution in [1.82, 2.24) is 9.88 Å². The lowest BCUT2D eigenvalue weighted by Gasteiger charge is -2.30. The topological polar surface area (TPSA) is 97.5 Å². The summed E-state index contributed by atoms with van der Waals surface area (Å²) in [6.07, 6.45) is 1.53. The molecule has 1 fully saturated rings. The predicted octanol–water partition coefficient (Wildman–Crippen LogP) is 4.45. The normalized spacial score (nSPS) is 15.1. The Morgan fingerprint density at radius 2 is 1.76 bits per heavy atom. The fourth-order valence-corrected chi connectivity index (χ4v) is 4.44. The molecule has 2 amide bonds. The molecule has 1 aliphatic heterocycles. The van der Waals surface area contributed by atoms with Gasteiger partial charge >= 0.3 is 0 Å². The second-order valence-corrected chi connectivity index (χ2v) is 8.57. The Balaban J connectivity index is 1.78. The maximum atomic E-state index is 13.4. The number of hydrogen-bond acceptors (Lipinski definition) is 5. The van der Waals surface area contributed by atoms with Gasteiger partial charge in [0.25, 0.3) is 17.5 Å². The minimum Gasteiger partial charge on any atom is -0.318 e. The van der Waals surface area contributed by atoms with Gasteiger partial charge in [-0.2, -0.15) is 0 Å². The molecular weight excluding hydrogens is 452 g/mol. The number of benzene rings is 2. The van der Waals surface area contributed by atoms with Crippen LogP contribution < -0.4 is 10.2 Å². The molecule has 1 aromatic heterocycles. The minimum absolute atomic E-state index is 0.0237. The number of nitrogens with one attached hydrogen (secondary N) is 1. The van der Waals surface area contributed by atoms with Crippen LogP contribution in [0.3, 0.4) is 0 Å². The number of nitro groups is 1. The Hall–Kier alpha value is -4.11. The molecule has 1 saturated heterocycles. The average molecular weight is 475 g/mol. The van der Waals surface area contributed by atoms with Crippen LogP contribution in [0.2, 0.25) is 0 Å². The van der Waals surface area contributed by atoms with Gasteiger partial charge < -0.3 is 4.57 Å². The quantitative estimate of drug-likeness (QED) is 0.198. The molecule has 0 spiro atoms. The van der Waals surface area contributed by atoms with Crippen molar-refractivity contribution in [2.75, 3.05) is 4.90 Å². The standard InChI is InChI=1S/C25H22N4O4S/c1-14-8-9-22(15(2)10-14)28-24(31)21(23(30)26-25(28)34)12-18-11-16(3)27(17(18)4)19-6-5-7-20(13-19)29(32)33/h5-13H,1-4H3,(H,26,30,34)/b21-12+. The first-order chi connectivity index (χ1) is 16.1. The molecule has 0 bridgehead atoms. The zero-order valence-electron chi connectivity index (χ0n) is 19.1. The molecule has 2 aromatic carbocycles. The van der Waals surface area contributed by atoms with E-state index in [2.05, 4.69) is 5.32 Å². The van der Waals surface area contributed by atoms with E-state index >= 15 is 0 Å². The van der Waals surface area contributed by atoms with Crippen LogP contribution in [-0.4, -0.2) is 26.4 Å². The van der Waals surface area contributed by atoms with Gasteiger partial charge in [-0.3, -0.25) is 29.9 Å². The van der Waals surface area contributed by atoms with Crippen LogP contribution in [0.5, 0.6) is 0 Å². The van der Waals surface area contributed by atoms with Crippen LogP contribution in [0.4, 0.5) is 11.4 Å². The van der Waals surface area contributed by atoms with Crippen LogP contribution in [-0.2, 0) is 9.59 Å². The SMILES string of the molecule is Cc1ccc(N2C(=O)/C(=C/c3cc(C)n(-c4cccc([N+](=O)[O-])c4)c3C)C(=O)NC2=S)c(C)c1. The van der Waals surface area contributed by atoms with E-state index in [1.54, 1.807) is 18.2 Å². The number of hydrogen-bond donors (Lipinski definition) is 1. The Morgan fingerprint density at radius 1 is 1.03 bits per heavy atom. The van der Waals surface area contributed by atoms with Crippen molar-refractivity contribution in [3.05, 3.63) is 92.3 Å². The lowest BCUT2D eigenvalue weighted by Crippen LogP contribution is -2.54. The Bertz CT molecular complexity index is 1420. The van der Waals surface area contributed by atoms with Gasteiger partial charge in [0.1, 0.15) is 5.57 Å². The number of nitro benzene ring substituents is 1. The number of carbonyl (C=O) groups is 2. The van der Waals surface area contributed by atoms with Crippen molar-refractivity contribution >= 4 is 46.6 Å². The molecule has 1 aliphatic rings. The highest BCUT2D eigenvalue weighted by molar-refractivity contribution is 7.80. The van der Waals surface area contributed by atoms with Crippen molar-refractivity contribution in [3.63, 3.8) is 0 Å². The highest BCUT2D eigenvalue weighted by Gasteiger charge is 2.35. The molecular formula is C25H22N4O4S. The van der Waals surface area contributed by atoms with Gasteiger partial charge in [-0.05, 0) is 75.3 Å². The third-order valence-electron chi connectivity index (χ3n) is 5.76. The van der Waals surface area contributed by atoms with Gasteiger partial charge in [0.2, 0.25) is 0 Å². The molecule has 0 aliphatic carbocycles. The Labute approximate surface area is 201 Å². The molecule has 8 nitrogen and oxygen atoms in total. The fraction of sp³-hybridized carbons (Fsp3) is 0.160. The number of nitrogens with zero attached hydrogens (tertiary/aromatic N) is 3. The summed E-state index contributed by atoms with van der Waals surface area (Å²) in [5.74, 6) is -1.09. The number of non-ortho nitro benzene ring substituents is 1. The first-order valence-corrected chi connectivity index (χ1v) is 10.9. The fourth-order valence-electron chi connectivity index (χ4n) is 4.16. The van der Waals surface area contributed by atoms with Crippen molar-refractivity contribution in [3.8, 4) is 5.69 Å². The zero-order valence-corrected chi connectivity index (χ0v) is 19.9. The van der Waals surface area contributed by atoms with E-state index in [1.165, 1.54) is 23.1 Å². The second kappa shape index (κ2) is 8.68. The van der Waals surface area contributed by atoms with E-state index in [-0.39, 0.29) is 16.4 Å². The molecule has 0 atom stereocenters. The number of aryl methyl sites for hydroxylation is 3. The monoisotopic (exact) mass is 474 g/mol. The summed E-state index contributed by atoms with van der Waals surface area (Å²) >= 11 is 5.31. The number of carbonyl (C=O) groups excluding carboxylic acids is 2. The molecule has 0 radical (unpaired) electrons. The highest BCUT2D eigenvalue weighted by Crippen LogP contribution is 2.29. The van der Waals surface area contributed by atoms with Gasteiger partial charge in [-0.15, -0.1) is 0 Å². The minimum atomic E-state index is -0.573. The Kier molecular flexibility index (Phi) is 5.89. The van der Waals surface area contributed by atoms with Gasteiger partial charge in [-0.25, -0.2) is 0 Å². The van der Waals surface area contributed by atoms with Crippen LogP contribution >= 0.6 is 12.2 Å². The number of anilines is 1. The number of thiocarbonyl (C=S) groups is 1. The lowest BCUT2D eigenvalue weighted by molar-refractivity contribution is -0.384. The van der Waals surface area contributed by atoms with Crippen molar-refractivity contribution in [2.45, 2.75) is 27.7 Å². The third kappa shape index (κ3) is 4.01. The maximum absolute atomic E-state index is 13.4. The average Bonchev–Trinajstić information content (AvgIpc) is 3.05. The van der Waals surface area contributed by atoms with Gasteiger partial charge in [0.05, 0.1) is 16.3 Å². The summed E-state index contributed by atoms with van der Waals surface area (Å²) in [6.45, 7) is 7.52. The van der Waals surface area contributed by atoms with Crippen molar-refractivity contribution < 1.29 is 14.5 Å². The highest BCUT2D eigenvalue weighted by atomic mass is 32.1. The summed E-state index contributed by atoms with van der Waals surface area (Å²) in [7, 11) is 0. The van der Waals surface area contributed by atoms with Gasteiger partial charge in [0, 0.05) is 23.5 Å². The lowest BCUT2D eigenvalue weighted by atomic mass is 10.0. The van der Waals surface area contributed by atoms with Crippen LogP contribution in [0, 0.1) is 37.8 Å². The summed E-state index contributed by atoms with van der Waals surface area (Å²) in [4.78, 5) is 38.2. The second-order valence-electron chi connectivity index (χ2n) is 8.19. The van der Waals surface area contributed by atoms with E-state index in [0.29, 0.717) is 16.9 Å². The molecule has 3 aromatic rings.